The predicted octanol–water partition coefficient (Wildman–Crippen LogP) is 4.16. The molecule has 0 aliphatic carbocycles. The Morgan fingerprint density at radius 3 is 2.75 bits per heavy atom. The largest absolute Gasteiger partial charge is 0.508 e. The van der Waals surface area contributed by atoms with Crippen LogP contribution in [0.25, 0.3) is 0 Å². The van der Waals surface area contributed by atoms with Gasteiger partial charge in [0.05, 0.1) is 17.1 Å². The van der Waals surface area contributed by atoms with E-state index in [4.69, 9.17) is 11.6 Å². The van der Waals surface area contributed by atoms with E-state index in [0.717, 1.165) is 4.88 Å². The van der Waals surface area contributed by atoms with E-state index < -0.39 is 0 Å². The molecule has 3 nitrogen and oxygen atoms in total. The number of aromatic hydroxyl groups is 1. The fourth-order valence-electron chi connectivity index (χ4n) is 1.89. The molecule has 2 aromatic rings. The number of rotatable bonds is 4. The first-order valence-electron chi connectivity index (χ1n) is 6.31. The third-order valence-electron chi connectivity index (χ3n) is 2.97. The van der Waals surface area contributed by atoms with Crippen LogP contribution in [0.4, 0.5) is 0 Å². The Hall–Kier alpha value is -1.52. The van der Waals surface area contributed by atoms with Crippen molar-refractivity contribution in [3.8, 4) is 5.75 Å². The van der Waals surface area contributed by atoms with Gasteiger partial charge in [-0.25, -0.2) is 0 Å². The maximum atomic E-state index is 12.6. The number of hydrogen-bond acceptors (Lipinski definition) is 3. The third kappa shape index (κ3) is 3.32. The van der Waals surface area contributed by atoms with E-state index in [9.17, 15) is 9.90 Å². The minimum Gasteiger partial charge on any atom is -0.508 e. The third-order valence-corrected chi connectivity index (χ3v) is 4.16. The molecule has 106 valence electrons. The fourth-order valence-corrected chi connectivity index (χ4v) is 2.79. The van der Waals surface area contributed by atoms with Gasteiger partial charge >= 0.3 is 0 Å². The van der Waals surface area contributed by atoms with Crippen LogP contribution in [0.15, 0.2) is 35.7 Å². The van der Waals surface area contributed by atoms with Crippen LogP contribution in [0.3, 0.4) is 0 Å². The Labute approximate surface area is 127 Å². The molecule has 1 aromatic carbocycles. The van der Waals surface area contributed by atoms with Gasteiger partial charge in [0, 0.05) is 10.9 Å². The Morgan fingerprint density at radius 2 is 2.15 bits per heavy atom. The van der Waals surface area contributed by atoms with Crippen LogP contribution < -0.4 is 0 Å². The number of thiophene rings is 1. The molecule has 0 aliphatic heterocycles. The van der Waals surface area contributed by atoms with Crippen molar-refractivity contribution in [3.63, 3.8) is 0 Å². The normalized spacial score (nSPS) is 10.8. The molecule has 1 amide bonds. The van der Waals surface area contributed by atoms with E-state index in [1.54, 1.807) is 16.2 Å². The highest BCUT2D eigenvalue weighted by Gasteiger charge is 2.22. The van der Waals surface area contributed by atoms with Gasteiger partial charge in [0.15, 0.2) is 0 Å². The lowest BCUT2D eigenvalue weighted by atomic mass is 10.1. The smallest absolute Gasteiger partial charge is 0.256 e. The first kappa shape index (κ1) is 14.9. The van der Waals surface area contributed by atoms with Gasteiger partial charge in [-0.3, -0.25) is 4.79 Å². The van der Waals surface area contributed by atoms with Crippen LogP contribution in [-0.4, -0.2) is 22.0 Å². The number of phenols is 1. The molecule has 0 aliphatic rings. The van der Waals surface area contributed by atoms with Crippen LogP contribution in [0.2, 0.25) is 5.02 Å². The van der Waals surface area contributed by atoms with Crippen molar-refractivity contribution >= 4 is 28.8 Å². The summed E-state index contributed by atoms with van der Waals surface area (Å²) in [5.41, 5.74) is 0.330. The SMILES string of the molecule is CC(C)N(Cc1cccs1)C(=O)c1cc(O)ccc1Cl. The summed E-state index contributed by atoms with van der Waals surface area (Å²) < 4.78 is 0. The van der Waals surface area contributed by atoms with Gasteiger partial charge in [0.1, 0.15) is 5.75 Å². The molecule has 0 fully saturated rings. The molecule has 5 heteroatoms. The Balaban J connectivity index is 2.29. The van der Waals surface area contributed by atoms with Crippen molar-refractivity contribution in [2.45, 2.75) is 26.4 Å². The number of benzene rings is 1. The number of amides is 1. The van der Waals surface area contributed by atoms with Crippen molar-refractivity contribution in [1.82, 2.24) is 4.90 Å². The van der Waals surface area contributed by atoms with Gasteiger partial charge < -0.3 is 10.0 Å². The maximum Gasteiger partial charge on any atom is 0.256 e. The van der Waals surface area contributed by atoms with E-state index in [0.29, 0.717) is 17.1 Å². The van der Waals surface area contributed by atoms with E-state index >= 15 is 0 Å². The topological polar surface area (TPSA) is 40.5 Å². The molecule has 0 bridgehead atoms. The van der Waals surface area contributed by atoms with Gasteiger partial charge in [-0.1, -0.05) is 17.7 Å². The van der Waals surface area contributed by atoms with Crippen molar-refractivity contribution in [1.29, 1.82) is 0 Å². The molecule has 0 radical (unpaired) electrons. The minimum atomic E-state index is -0.172. The summed E-state index contributed by atoms with van der Waals surface area (Å²) in [7, 11) is 0. The average Bonchev–Trinajstić information content (AvgIpc) is 2.90. The number of nitrogens with zero attached hydrogens (tertiary/aromatic N) is 1. The number of carbonyl (C=O) groups excluding carboxylic acids is 1. The summed E-state index contributed by atoms with van der Waals surface area (Å²) >= 11 is 7.68. The first-order valence-corrected chi connectivity index (χ1v) is 7.56. The summed E-state index contributed by atoms with van der Waals surface area (Å²) in [6.45, 7) is 4.46. The standard InChI is InChI=1S/C15H16ClNO2S/c1-10(2)17(9-12-4-3-7-20-12)15(19)13-8-11(18)5-6-14(13)16/h3-8,10,18H,9H2,1-2H3. The van der Waals surface area contributed by atoms with Crippen LogP contribution in [0, 0.1) is 0 Å². The maximum absolute atomic E-state index is 12.6. The molecule has 0 saturated heterocycles. The summed E-state index contributed by atoms with van der Waals surface area (Å²) in [6, 6.07) is 8.42. The molecule has 0 unspecified atom stereocenters. The predicted molar refractivity (Wildman–Crippen MR) is 82.4 cm³/mol. The van der Waals surface area contributed by atoms with Crippen LogP contribution in [0.5, 0.6) is 5.75 Å². The fraction of sp³-hybridized carbons (Fsp3) is 0.267. The Bertz CT molecular complexity index is 596. The molecule has 0 saturated carbocycles. The van der Waals surface area contributed by atoms with Crippen molar-refractivity contribution < 1.29 is 9.90 Å². The molecular formula is C15H16ClNO2S. The zero-order valence-corrected chi connectivity index (χ0v) is 12.9. The molecule has 2 rings (SSSR count). The second-order valence-electron chi connectivity index (χ2n) is 4.77. The highest BCUT2D eigenvalue weighted by Crippen LogP contribution is 2.24. The molecule has 1 aromatic heterocycles. The Morgan fingerprint density at radius 1 is 1.40 bits per heavy atom. The molecule has 0 atom stereocenters. The van der Waals surface area contributed by atoms with E-state index in [2.05, 4.69) is 0 Å². The molecule has 1 N–H and O–H groups in total. The zero-order valence-electron chi connectivity index (χ0n) is 11.3. The van der Waals surface area contributed by atoms with Gasteiger partial charge in [-0.05, 0) is 43.5 Å². The number of phenolic OH excluding ortho intramolecular Hbond substituents is 1. The number of hydrogen-bond donors (Lipinski definition) is 1. The van der Waals surface area contributed by atoms with Gasteiger partial charge in [-0.2, -0.15) is 0 Å². The lowest BCUT2D eigenvalue weighted by Crippen LogP contribution is -2.36. The molecule has 1 heterocycles. The monoisotopic (exact) mass is 309 g/mol. The van der Waals surface area contributed by atoms with E-state index in [1.807, 2.05) is 31.4 Å². The van der Waals surface area contributed by atoms with E-state index in [-0.39, 0.29) is 17.7 Å². The number of carbonyl (C=O) groups is 1. The van der Waals surface area contributed by atoms with Crippen LogP contribution in [-0.2, 0) is 6.54 Å². The minimum absolute atomic E-state index is 0.0394. The van der Waals surface area contributed by atoms with Crippen molar-refractivity contribution in [3.05, 3.63) is 51.2 Å². The van der Waals surface area contributed by atoms with Crippen molar-refractivity contribution in [2.75, 3.05) is 0 Å². The average molecular weight is 310 g/mol. The zero-order chi connectivity index (χ0) is 14.7. The first-order chi connectivity index (χ1) is 9.49. The highest BCUT2D eigenvalue weighted by atomic mass is 35.5. The molecular weight excluding hydrogens is 294 g/mol. The van der Waals surface area contributed by atoms with Gasteiger partial charge in [0.2, 0.25) is 0 Å². The van der Waals surface area contributed by atoms with Gasteiger partial charge in [-0.15, -0.1) is 11.3 Å². The van der Waals surface area contributed by atoms with Crippen LogP contribution in [0.1, 0.15) is 29.1 Å². The quantitative estimate of drug-likeness (QED) is 0.921. The molecule has 20 heavy (non-hydrogen) atoms. The summed E-state index contributed by atoms with van der Waals surface area (Å²) in [5, 5.41) is 11.9. The Kier molecular flexibility index (Phi) is 4.68. The summed E-state index contributed by atoms with van der Waals surface area (Å²) in [6.07, 6.45) is 0. The van der Waals surface area contributed by atoms with Crippen LogP contribution >= 0.6 is 22.9 Å². The van der Waals surface area contributed by atoms with Gasteiger partial charge in [0.25, 0.3) is 5.91 Å². The second-order valence-corrected chi connectivity index (χ2v) is 6.21. The van der Waals surface area contributed by atoms with Crippen molar-refractivity contribution in [2.24, 2.45) is 0 Å². The second kappa shape index (κ2) is 6.29. The highest BCUT2D eigenvalue weighted by molar-refractivity contribution is 7.09. The summed E-state index contributed by atoms with van der Waals surface area (Å²) in [5.74, 6) is -0.133. The lowest BCUT2D eigenvalue weighted by Gasteiger charge is -2.26. The number of halogens is 1. The summed E-state index contributed by atoms with van der Waals surface area (Å²) in [4.78, 5) is 15.5. The molecule has 0 spiro atoms. The lowest BCUT2D eigenvalue weighted by molar-refractivity contribution is 0.0692. The van der Waals surface area contributed by atoms with E-state index in [1.165, 1.54) is 18.2 Å².